The summed E-state index contributed by atoms with van der Waals surface area (Å²) in [6.07, 6.45) is 78.3. The Bertz CT molecular complexity index is 2180. The van der Waals surface area contributed by atoms with E-state index < -0.39 is 91.5 Å². The van der Waals surface area contributed by atoms with E-state index in [1.165, 1.54) is 51.4 Å². The standard InChI is InChI=1S/C75H128O16P2/c1-4-7-10-13-16-19-22-24-26-28-30-31-32-33-34-35-36-37-39-41-42-44-47-49-52-55-58-61-73(78)85-64-70(76)65-87-92(81,82)88-66-71(77)67-89-93(83,84)90-69-72(91-75(80)63-60-57-54-51-46-21-18-15-12-9-6-3)68-86-74(79)62-59-56-53-50-48-45-43-40-38-29-27-25-23-20-17-14-11-8-5-2/h7,10,15-20,24-27,30-31,33-34,36-38,40,70-72,76-77H,4-6,8-9,11-14,21-23,28-29,32,35,39,41-69H2,1-3H3,(H,81,82)(H,83,84)/b10-7-,18-15-,19-16-,20-17-,26-24-,27-25-,31-30-,34-33-,37-36-,40-38-. The van der Waals surface area contributed by atoms with Gasteiger partial charge in [-0.05, 0) is 128 Å². The molecule has 0 heterocycles. The lowest BCUT2D eigenvalue weighted by Crippen LogP contribution is -2.30. The summed E-state index contributed by atoms with van der Waals surface area (Å²) in [6.45, 7) is 2.45. The van der Waals surface area contributed by atoms with Gasteiger partial charge < -0.3 is 34.2 Å². The predicted molar refractivity (Wildman–Crippen MR) is 380 cm³/mol. The van der Waals surface area contributed by atoms with Crippen LogP contribution >= 0.6 is 15.6 Å². The molecule has 0 aromatic heterocycles. The van der Waals surface area contributed by atoms with Crippen LogP contribution < -0.4 is 0 Å². The monoisotopic (exact) mass is 1350 g/mol. The average Bonchev–Trinajstić information content (AvgIpc) is 2.94. The molecule has 534 valence electrons. The van der Waals surface area contributed by atoms with Gasteiger partial charge in [0.2, 0.25) is 0 Å². The molecule has 93 heavy (non-hydrogen) atoms. The summed E-state index contributed by atoms with van der Waals surface area (Å²) < 4.78 is 60.9. The van der Waals surface area contributed by atoms with Crippen molar-refractivity contribution in [3.8, 4) is 0 Å². The fourth-order valence-electron chi connectivity index (χ4n) is 9.15. The molecular weight excluding hydrogens is 1220 g/mol. The van der Waals surface area contributed by atoms with Crippen molar-refractivity contribution >= 4 is 33.6 Å². The van der Waals surface area contributed by atoms with Crippen molar-refractivity contribution in [3.05, 3.63) is 122 Å². The van der Waals surface area contributed by atoms with Gasteiger partial charge in [0.15, 0.2) is 6.10 Å². The summed E-state index contributed by atoms with van der Waals surface area (Å²) >= 11 is 0. The number of carbonyl (C=O) groups is 3. The lowest BCUT2D eigenvalue weighted by atomic mass is 10.1. The van der Waals surface area contributed by atoms with Gasteiger partial charge >= 0.3 is 33.6 Å². The number of allylic oxidation sites excluding steroid dienone is 20. The highest BCUT2D eigenvalue weighted by molar-refractivity contribution is 7.47. The molecule has 0 aromatic rings. The van der Waals surface area contributed by atoms with Gasteiger partial charge in [0.25, 0.3) is 0 Å². The van der Waals surface area contributed by atoms with Crippen LogP contribution in [-0.2, 0) is 55.8 Å². The summed E-state index contributed by atoms with van der Waals surface area (Å²) in [6, 6.07) is 0. The van der Waals surface area contributed by atoms with Crippen LogP contribution in [0.2, 0.25) is 0 Å². The fraction of sp³-hybridized carbons (Fsp3) is 0.693. The van der Waals surface area contributed by atoms with Crippen molar-refractivity contribution < 1.29 is 75.8 Å². The molecule has 0 aliphatic rings. The highest BCUT2D eigenvalue weighted by atomic mass is 31.2. The normalized spacial score (nSPS) is 14.9. The summed E-state index contributed by atoms with van der Waals surface area (Å²) in [5, 5.41) is 20.6. The van der Waals surface area contributed by atoms with E-state index in [0.29, 0.717) is 19.3 Å². The molecule has 0 aliphatic heterocycles. The third-order valence-corrected chi connectivity index (χ3v) is 16.5. The van der Waals surface area contributed by atoms with Crippen LogP contribution in [0.25, 0.3) is 0 Å². The maximum Gasteiger partial charge on any atom is 0.472 e. The Morgan fingerprint density at radius 1 is 0.312 bits per heavy atom. The van der Waals surface area contributed by atoms with E-state index in [1.54, 1.807) is 0 Å². The van der Waals surface area contributed by atoms with Gasteiger partial charge in [0, 0.05) is 19.3 Å². The SMILES string of the molecule is CC/C=C\C/C=C\C/C=C\C/C=C\C/C=C\C/C=C\CCCCCCCCCCC(=O)OCC(O)COP(=O)(O)OCC(O)COP(=O)(O)OCC(COC(=O)CCCCCCCC/C=C\C/C=C\C/C=C\CCCCC)OC(=O)CCCCCCC/C=C\CCCC. The molecule has 0 rings (SSSR count). The van der Waals surface area contributed by atoms with Crippen molar-refractivity contribution in [2.75, 3.05) is 39.6 Å². The molecule has 0 bridgehead atoms. The first kappa shape index (κ1) is 89.0. The van der Waals surface area contributed by atoms with Crippen LogP contribution in [0.4, 0.5) is 0 Å². The number of rotatable bonds is 67. The van der Waals surface area contributed by atoms with Crippen LogP contribution in [0.3, 0.4) is 0 Å². The molecule has 18 heteroatoms. The average molecular weight is 1350 g/mol. The molecule has 0 aliphatic carbocycles. The molecule has 5 atom stereocenters. The Kier molecular flexibility index (Phi) is 65.0. The van der Waals surface area contributed by atoms with Crippen molar-refractivity contribution in [2.24, 2.45) is 0 Å². The second-order valence-electron chi connectivity index (χ2n) is 23.6. The topological polar surface area (TPSA) is 231 Å². The predicted octanol–water partition coefficient (Wildman–Crippen LogP) is 20.2. The second kappa shape index (κ2) is 67.9. The maximum absolute atomic E-state index is 12.9. The van der Waals surface area contributed by atoms with Gasteiger partial charge in [-0.2, -0.15) is 0 Å². The largest absolute Gasteiger partial charge is 0.472 e. The van der Waals surface area contributed by atoms with E-state index in [0.717, 1.165) is 167 Å². The molecule has 0 fully saturated rings. The van der Waals surface area contributed by atoms with Crippen molar-refractivity contribution in [1.29, 1.82) is 0 Å². The number of phosphoric ester groups is 2. The number of hydrogen-bond acceptors (Lipinski definition) is 14. The molecule has 0 saturated carbocycles. The summed E-state index contributed by atoms with van der Waals surface area (Å²) in [5.74, 6) is -1.61. The first-order valence-electron chi connectivity index (χ1n) is 35.8. The third kappa shape index (κ3) is 69.1. The highest BCUT2D eigenvalue weighted by Crippen LogP contribution is 2.45. The Morgan fingerprint density at radius 2 is 0.581 bits per heavy atom. The van der Waals surface area contributed by atoms with E-state index in [1.807, 2.05) is 0 Å². The quantitative estimate of drug-likeness (QED) is 0.0146. The lowest BCUT2D eigenvalue weighted by molar-refractivity contribution is -0.161. The Balaban J connectivity index is 4.51. The minimum absolute atomic E-state index is 0.0893. The van der Waals surface area contributed by atoms with Gasteiger partial charge in [-0.3, -0.25) is 32.5 Å². The van der Waals surface area contributed by atoms with Crippen LogP contribution in [0, 0.1) is 0 Å². The van der Waals surface area contributed by atoms with Crippen molar-refractivity contribution in [3.63, 3.8) is 0 Å². The number of aliphatic hydroxyl groups excluding tert-OH is 2. The van der Waals surface area contributed by atoms with Crippen molar-refractivity contribution in [1.82, 2.24) is 0 Å². The van der Waals surface area contributed by atoms with E-state index in [4.69, 9.17) is 32.3 Å². The number of aliphatic hydroxyl groups is 2. The van der Waals surface area contributed by atoms with Gasteiger partial charge in [0.1, 0.15) is 25.4 Å². The number of unbranched alkanes of at least 4 members (excludes halogenated alkanes) is 24. The molecule has 0 spiro atoms. The molecule has 0 radical (unpaired) electrons. The third-order valence-electron chi connectivity index (χ3n) is 14.6. The zero-order chi connectivity index (χ0) is 68.1. The van der Waals surface area contributed by atoms with Crippen LogP contribution in [0.5, 0.6) is 0 Å². The number of phosphoric acid groups is 2. The summed E-state index contributed by atoms with van der Waals surface area (Å²) in [7, 11) is -9.78. The first-order valence-corrected chi connectivity index (χ1v) is 38.8. The molecule has 5 unspecified atom stereocenters. The van der Waals surface area contributed by atoms with Crippen molar-refractivity contribution in [2.45, 2.75) is 296 Å². The van der Waals surface area contributed by atoms with Crippen LogP contribution in [0.15, 0.2) is 122 Å². The Labute approximate surface area is 563 Å². The van der Waals surface area contributed by atoms with Gasteiger partial charge in [-0.15, -0.1) is 0 Å². The molecule has 4 N–H and O–H groups in total. The highest BCUT2D eigenvalue weighted by Gasteiger charge is 2.29. The van der Waals surface area contributed by atoms with Crippen LogP contribution in [-0.4, -0.2) is 95.9 Å². The number of hydrogen-bond donors (Lipinski definition) is 4. The van der Waals surface area contributed by atoms with Crippen LogP contribution in [0.1, 0.15) is 278 Å². The maximum atomic E-state index is 12.9. The number of esters is 3. The molecule has 16 nitrogen and oxygen atoms in total. The zero-order valence-corrected chi connectivity index (χ0v) is 59.7. The van der Waals surface area contributed by atoms with E-state index in [9.17, 15) is 43.5 Å². The Hall–Kier alpha value is -4.05. The smallest absolute Gasteiger partial charge is 0.463 e. The van der Waals surface area contributed by atoms with Gasteiger partial charge in [0.05, 0.1) is 26.4 Å². The van der Waals surface area contributed by atoms with E-state index >= 15 is 0 Å². The Morgan fingerprint density at radius 3 is 0.946 bits per heavy atom. The molecule has 0 aromatic carbocycles. The summed E-state index contributed by atoms with van der Waals surface area (Å²) in [4.78, 5) is 58.4. The molecule has 0 amide bonds. The lowest BCUT2D eigenvalue weighted by Gasteiger charge is -2.21. The minimum atomic E-state index is -4.93. The van der Waals surface area contributed by atoms with Gasteiger partial charge in [-0.25, -0.2) is 9.13 Å². The van der Waals surface area contributed by atoms with E-state index in [2.05, 4.69) is 142 Å². The first-order chi connectivity index (χ1) is 45.2. The second-order valence-corrected chi connectivity index (χ2v) is 26.6. The number of carbonyl (C=O) groups excluding carboxylic acids is 3. The van der Waals surface area contributed by atoms with Gasteiger partial charge in [-0.1, -0.05) is 251 Å². The molecular formula is C75H128O16P2. The number of ether oxygens (including phenoxy) is 3. The fourth-order valence-corrected chi connectivity index (χ4v) is 10.7. The minimum Gasteiger partial charge on any atom is -0.463 e. The summed E-state index contributed by atoms with van der Waals surface area (Å²) in [5.41, 5.74) is 0. The zero-order valence-electron chi connectivity index (χ0n) is 57.9. The van der Waals surface area contributed by atoms with E-state index in [-0.39, 0.29) is 19.3 Å². The molecule has 0 saturated heterocycles.